The fourth-order valence-electron chi connectivity index (χ4n) is 1.51. The van der Waals surface area contributed by atoms with E-state index in [0.29, 0.717) is 28.5 Å². The van der Waals surface area contributed by atoms with Gasteiger partial charge in [0, 0.05) is 17.8 Å². The van der Waals surface area contributed by atoms with Crippen LogP contribution < -0.4 is 11.1 Å². The van der Waals surface area contributed by atoms with Gasteiger partial charge in [-0.15, -0.1) is 0 Å². The van der Waals surface area contributed by atoms with Gasteiger partial charge in [-0.2, -0.15) is 0 Å². The molecule has 0 aliphatic heterocycles. The number of nitrogen functional groups attached to an aromatic ring is 1. The third kappa shape index (κ3) is 2.88. The van der Waals surface area contributed by atoms with Crippen molar-refractivity contribution < 1.29 is 4.39 Å². The van der Waals surface area contributed by atoms with Crippen molar-refractivity contribution >= 4 is 23.0 Å². The van der Waals surface area contributed by atoms with Gasteiger partial charge in [-0.05, 0) is 24.3 Å². The predicted molar refractivity (Wildman–Crippen MR) is 69.6 cm³/mol. The molecule has 0 aliphatic rings. The molecule has 0 spiro atoms. The maximum absolute atomic E-state index is 13.4. The fraction of sp³-hybridized carbons (Fsp3) is 0.0769. The number of nitrogens with two attached hydrogens (primary N) is 1. The Morgan fingerprint density at radius 2 is 1.94 bits per heavy atom. The molecule has 4 heteroatoms. The van der Waals surface area contributed by atoms with Crippen LogP contribution in [0.4, 0.5) is 15.8 Å². The number of nitrogens with one attached hydrogen (secondary N) is 1. The highest BCUT2D eigenvalue weighted by atomic mass is 35.5. The molecule has 0 radical (unpaired) electrons. The van der Waals surface area contributed by atoms with E-state index in [0.717, 1.165) is 0 Å². The zero-order valence-corrected chi connectivity index (χ0v) is 9.84. The van der Waals surface area contributed by atoms with Crippen LogP contribution in [0.5, 0.6) is 0 Å². The van der Waals surface area contributed by atoms with Gasteiger partial charge < -0.3 is 11.1 Å². The first-order chi connectivity index (χ1) is 8.16. The van der Waals surface area contributed by atoms with Crippen molar-refractivity contribution in [2.45, 2.75) is 6.54 Å². The first-order valence-electron chi connectivity index (χ1n) is 5.19. The maximum Gasteiger partial charge on any atom is 0.128 e. The topological polar surface area (TPSA) is 38.0 Å². The molecule has 88 valence electrons. The molecular weight excluding hydrogens is 239 g/mol. The van der Waals surface area contributed by atoms with Gasteiger partial charge in [0.25, 0.3) is 0 Å². The molecule has 0 amide bonds. The monoisotopic (exact) mass is 250 g/mol. The molecule has 3 N–H and O–H groups in total. The predicted octanol–water partition coefficient (Wildman–Crippen LogP) is 3.67. The number of rotatable bonds is 3. The second kappa shape index (κ2) is 5.06. The fourth-order valence-corrected chi connectivity index (χ4v) is 1.69. The molecule has 0 aliphatic carbocycles. The molecule has 2 aromatic rings. The SMILES string of the molecule is Nc1ccc(Cl)c(NCc2ccccc2F)c1. The van der Waals surface area contributed by atoms with Crippen LogP contribution in [0.1, 0.15) is 5.56 Å². The molecule has 0 atom stereocenters. The Balaban J connectivity index is 2.12. The lowest BCUT2D eigenvalue weighted by Gasteiger charge is -2.09. The molecule has 0 unspecified atom stereocenters. The van der Waals surface area contributed by atoms with Crippen molar-refractivity contribution in [2.75, 3.05) is 11.1 Å². The molecule has 2 nitrogen and oxygen atoms in total. The average Bonchev–Trinajstić information content (AvgIpc) is 2.32. The van der Waals surface area contributed by atoms with Crippen molar-refractivity contribution in [1.29, 1.82) is 0 Å². The zero-order chi connectivity index (χ0) is 12.3. The summed E-state index contributed by atoms with van der Waals surface area (Å²) in [4.78, 5) is 0. The van der Waals surface area contributed by atoms with Crippen LogP contribution in [0.3, 0.4) is 0 Å². The summed E-state index contributed by atoms with van der Waals surface area (Å²) in [5, 5.41) is 3.62. The molecule has 17 heavy (non-hydrogen) atoms. The molecule has 2 rings (SSSR count). The van der Waals surface area contributed by atoms with E-state index in [1.54, 1.807) is 36.4 Å². The van der Waals surface area contributed by atoms with Gasteiger partial charge in [-0.3, -0.25) is 0 Å². The molecule has 0 bridgehead atoms. The maximum atomic E-state index is 13.4. The number of anilines is 2. The van der Waals surface area contributed by atoms with Crippen LogP contribution in [-0.2, 0) is 6.54 Å². The minimum absolute atomic E-state index is 0.236. The van der Waals surface area contributed by atoms with E-state index in [-0.39, 0.29) is 5.82 Å². The highest BCUT2D eigenvalue weighted by Crippen LogP contribution is 2.24. The van der Waals surface area contributed by atoms with Crippen LogP contribution in [-0.4, -0.2) is 0 Å². The Bertz CT molecular complexity index is 529. The van der Waals surface area contributed by atoms with E-state index in [2.05, 4.69) is 5.32 Å². The molecule has 0 heterocycles. The zero-order valence-electron chi connectivity index (χ0n) is 9.08. The van der Waals surface area contributed by atoms with E-state index < -0.39 is 0 Å². The van der Waals surface area contributed by atoms with Crippen molar-refractivity contribution in [2.24, 2.45) is 0 Å². The quantitative estimate of drug-likeness (QED) is 0.816. The third-order valence-corrected chi connectivity index (χ3v) is 2.75. The van der Waals surface area contributed by atoms with Gasteiger partial charge in [-0.1, -0.05) is 29.8 Å². The average molecular weight is 251 g/mol. The van der Waals surface area contributed by atoms with Crippen molar-refractivity contribution in [3.8, 4) is 0 Å². The van der Waals surface area contributed by atoms with Gasteiger partial charge >= 0.3 is 0 Å². The molecule has 0 saturated heterocycles. The van der Waals surface area contributed by atoms with Gasteiger partial charge in [0.1, 0.15) is 5.82 Å². The summed E-state index contributed by atoms with van der Waals surface area (Å²) in [6, 6.07) is 11.8. The molecule has 2 aromatic carbocycles. The molecule has 0 aromatic heterocycles. The summed E-state index contributed by atoms with van der Waals surface area (Å²) in [5.74, 6) is -0.236. The first kappa shape index (κ1) is 11.7. The Morgan fingerprint density at radius 1 is 1.18 bits per heavy atom. The standard InChI is InChI=1S/C13H12ClFN2/c14-11-6-5-10(16)7-13(11)17-8-9-3-1-2-4-12(9)15/h1-7,17H,8,16H2. The van der Waals surface area contributed by atoms with Gasteiger partial charge in [0.2, 0.25) is 0 Å². The number of hydrogen-bond donors (Lipinski definition) is 2. The van der Waals surface area contributed by atoms with E-state index >= 15 is 0 Å². The highest BCUT2D eigenvalue weighted by molar-refractivity contribution is 6.33. The minimum Gasteiger partial charge on any atom is -0.399 e. The van der Waals surface area contributed by atoms with Crippen LogP contribution in [0.25, 0.3) is 0 Å². The second-order valence-electron chi connectivity index (χ2n) is 3.68. The third-order valence-electron chi connectivity index (χ3n) is 2.42. The minimum atomic E-state index is -0.236. The largest absolute Gasteiger partial charge is 0.399 e. The Hall–Kier alpha value is -1.74. The van der Waals surface area contributed by atoms with Crippen LogP contribution in [0, 0.1) is 5.82 Å². The second-order valence-corrected chi connectivity index (χ2v) is 4.09. The van der Waals surface area contributed by atoms with E-state index in [1.165, 1.54) is 6.07 Å². The summed E-state index contributed by atoms with van der Waals surface area (Å²) in [6.45, 7) is 0.371. The molecule has 0 fully saturated rings. The first-order valence-corrected chi connectivity index (χ1v) is 5.57. The van der Waals surface area contributed by atoms with Crippen LogP contribution in [0.15, 0.2) is 42.5 Å². The van der Waals surface area contributed by atoms with Gasteiger partial charge in [0.15, 0.2) is 0 Å². The van der Waals surface area contributed by atoms with Crippen molar-refractivity contribution in [1.82, 2.24) is 0 Å². The number of halogens is 2. The van der Waals surface area contributed by atoms with Crippen molar-refractivity contribution in [3.05, 3.63) is 58.9 Å². The summed E-state index contributed by atoms with van der Waals surface area (Å²) in [6.07, 6.45) is 0. The molecule has 0 saturated carbocycles. The normalized spacial score (nSPS) is 10.2. The number of benzene rings is 2. The summed E-state index contributed by atoms with van der Waals surface area (Å²) in [5.41, 5.74) is 7.56. The smallest absolute Gasteiger partial charge is 0.128 e. The number of hydrogen-bond acceptors (Lipinski definition) is 2. The Morgan fingerprint density at radius 3 is 2.71 bits per heavy atom. The van der Waals surface area contributed by atoms with Crippen LogP contribution in [0.2, 0.25) is 5.02 Å². The summed E-state index contributed by atoms with van der Waals surface area (Å²) in [7, 11) is 0. The van der Waals surface area contributed by atoms with E-state index in [1.807, 2.05) is 0 Å². The Labute approximate surface area is 104 Å². The van der Waals surface area contributed by atoms with Gasteiger partial charge in [-0.25, -0.2) is 4.39 Å². The molecular formula is C13H12ClFN2. The summed E-state index contributed by atoms with van der Waals surface area (Å²) < 4.78 is 13.4. The van der Waals surface area contributed by atoms with E-state index in [4.69, 9.17) is 17.3 Å². The highest BCUT2D eigenvalue weighted by Gasteiger charge is 2.03. The summed E-state index contributed by atoms with van der Waals surface area (Å²) >= 11 is 5.99. The van der Waals surface area contributed by atoms with E-state index in [9.17, 15) is 4.39 Å². The van der Waals surface area contributed by atoms with Crippen LogP contribution >= 0.6 is 11.6 Å². The van der Waals surface area contributed by atoms with Crippen molar-refractivity contribution in [3.63, 3.8) is 0 Å². The lowest BCUT2D eigenvalue weighted by atomic mass is 10.2. The van der Waals surface area contributed by atoms with Gasteiger partial charge in [0.05, 0.1) is 10.7 Å². The lowest BCUT2D eigenvalue weighted by molar-refractivity contribution is 0.613. The lowest BCUT2D eigenvalue weighted by Crippen LogP contribution is -2.02. The Kier molecular flexibility index (Phi) is 3.49.